The first kappa shape index (κ1) is 21.1. The fourth-order valence-electron chi connectivity index (χ4n) is 2.86. The molecule has 0 spiro atoms. The van der Waals surface area contributed by atoms with Crippen molar-refractivity contribution in [3.8, 4) is 5.69 Å². The molecule has 0 saturated heterocycles. The van der Waals surface area contributed by atoms with E-state index in [0.29, 0.717) is 5.16 Å². The van der Waals surface area contributed by atoms with E-state index < -0.39 is 0 Å². The number of amides is 1. The zero-order valence-electron chi connectivity index (χ0n) is 16.9. The summed E-state index contributed by atoms with van der Waals surface area (Å²) in [5.74, 6) is 0.949. The molecule has 1 N–H and O–H groups in total. The number of nitrogens with one attached hydrogen (secondary N) is 1. The normalized spacial score (nSPS) is 10.7. The summed E-state index contributed by atoms with van der Waals surface area (Å²) in [6.45, 7) is 2.04. The molecule has 0 atom stereocenters. The standard InChI is InChI=1S/C23H21N5OS2/c1-17-8-10-20(11-9-17)28-16-25-27-23(28)31-15-21(29)26-19-6-4-5-18(13-19)14-30-22-7-2-3-12-24-22/h2-13,16H,14-15H2,1H3,(H,26,29). The van der Waals surface area contributed by atoms with E-state index in [-0.39, 0.29) is 11.7 Å². The van der Waals surface area contributed by atoms with Crippen LogP contribution >= 0.6 is 23.5 Å². The Labute approximate surface area is 189 Å². The lowest BCUT2D eigenvalue weighted by molar-refractivity contribution is -0.113. The van der Waals surface area contributed by atoms with Crippen LogP contribution in [0.5, 0.6) is 0 Å². The topological polar surface area (TPSA) is 72.7 Å². The quantitative estimate of drug-likeness (QED) is 0.384. The van der Waals surface area contributed by atoms with Crippen LogP contribution in [0.1, 0.15) is 11.1 Å². The molecule has 8 heteroatoms. The summed E-state index contributed by atoms with van der Waals surface area (Å²) in [6, 6.07) is 21.8. The van der Waals surface area contributed by atoms with E-state index in [4.69, 9.17) is 0 Å². The molecule has 0 unspecified atom stereocenters. The number of aryl methyl sites for hydroxylation is 1. The Bertz CT molecular complexity index is 1150. The first-order valence-electron chi connectivity index (χ1n) is 9.70. The van der Waals surface area contributed by atoms with Gasteiger partial charge in [0.15, 0.2) is 5.16 Å². The molecule has 0 bridgehead atoms. The van der Waals surface area contributed by atoms with Crippen LogP contribution in [0.25, 0.3) is 5.69 Å². The van der Waals surface area contributed by atoms with Crippen molar-refractivity contribution < 1.29 is 4.79 Å². The van der Waals surface area contributed by atoms with Crippen LogP contribution in [-0.2, 0) is 10.5 Å². The molecule has 6 nitrogen and oxygen atoms in total. The predicted octanol–water partition coefficient (Wildman–Crippen LogP) is 4.99. The minimum Gasteiger partial charge on any atom is -0.325 e. The third-order valence-electron chi connectivity index (χ3n) is 4.40. The molecule has 2 heterocycles. The number of pyridine rings is 1. The molecule has 2 aromatic carbocycles. The summed E-state index contributed by atoms with van der Waals surface area (Å²) in [6.07, 6.45) is 3.45. The van der Waals surface area contributed by atoms with Crippen molar-refractivity contribution in [1.29, 1.82) is 0 Å². The number of rotatable bonds is 8. The SMILES string of the molecule is Cc1ccc(-n2cnnc2SCC(=O)Nc2cccc(CSc3ccccn3)c2)cc1. The highest BCUT2D eigenvalue weighted by molar-refractivity contribution is 7.99. The molecule has 1 amide bonds. The monoisotopic (exact) mass is 447 g/mol. The van der Waals surface area contributed by atoms with Crippen molar-refractivity contribution >= 4 is 35.1 Å². The minimum absolute atomic E-state index is 0.0852. The lowest BCUT2D eigenvalue weighted by atomic mass is 10.2. The average Bonchev–Trinajstić information content (AvgIpc) is 3.26. The minimum atomic E-state index is -0.0852. The fraction of sp³-hybridized carbons (Fsp3) is 0.130. The van der Waals surface area contributed by atoms with Crippen LogP contribution < -0.4 is 5.32 Å². The molecule has 156 valence electrons. The fourth-order valence-corrected chi connectivity index (χ4v) is 4.39. The highest BCUT2D eigenvalue weighted by Gasteiger charge is 2.11. The molecule has 0 fully saturated rings. The average molecular weight is 448 g/mol. The number of anilines is 1. The molecule has 4 rings (SSSR count). The van der Waals surface area contributed by atoms with Crippen LogP contribution in [-0.4, -0.2) is 31.4 Å². The molecule has 0 saturated carbocycles. The highest BCUT2D eigenvalue weighted by Crippen LogP contribution is 2.23. The number of thioether (sulfide) groups is 2. The number of benzene rings is 2. The van der Waals surface area contributed by atoms with E-state index in [1.165, 1.54) is 17.3 Å². The van der Waals surface area contributed by atoms with Gasteiger partial charge in [-0.15, -0.1) is 22.0 Å². The van der Waals surface area contributed by atoms with Gasteiger partial charge in [-0.25, -0.2) is 4.98 Å². The molecule has 0 radical (unpaired) electrons. The molecule has 0 aliphatic rings. The van der Waals surface area contributed by atoms with Gasteiger partial charge in [-0.3, -0.25) is 9.36 Å². The van der Waals surface area contributed by atoms with Gasteiger partial charge in [0.05, 0.1) is 10.8 Å². The molecular weight excluding hydrogens is 426 g/mol. The summed E-state index contributed by atoms with van der Waals surface area (Å²) in [7, 11) is 0. The third-order valence-corrected chi connectivity index (χ3v) is 6.35. The predicted molar refractivity (Wildman–Crippen MR) is 126 cm³/mol. The molecule has 0 aliphatic heterocycles. The zero-order valence-corrected chi connectivity index (χ0v) is 18.6. The Kier molecular flexibility index (Phi) is 7.01. The van der Waals surface area contributed by atoms with Gasteiger partial charge in [-0.1, -0.05) is 47.7 Å². The number of nitrogens with zero attached hydrogens (tertiary/aromatic N) is 4. The van der Waals surface area contributed by atoms with Crippen LogP contribution in [0.4, 0.5) is 5.69 Å². The van der Waals surface area contributed by atoms with Crippen molar-refractivity contribution in [2.24, 2.45) is 0 Å². The first-order valence-corrected chi connectivity index (χ1v) is 11.7. The van der Waals surface area contributed by atoms with Crippen LogP contribution in [0.15, 0.2) is 89.4 Å². The third kappa shape index (κ3) is 5.96. The second-order valence-corrected chi connectivity index (χ2v) is 8.75. The van der Waals surface area contributed by atoms with Gasteiger partial charge in [-0.05, 0) is 48.9 Å². The van der Waals surface area contributed by atoms with Gasteiger partial charge in [0, 0.05) is 23.3 Å². The number of carbonyl (C=O) groups is 1. The van der Waals surface area contributed by atoms with E-state index in [0.717, 1.165) is 27.7 Å². The van der Waals surface area contributed by atoms with Crippen LogP contribution in [0, 0.1) is 6.92 Å². The summed E-state index contributed by atoms with van der Waals surface area (Å²) in [5.41, 5.74) is 4.06. The maximum Gasteiger partial charge on any atom is 0.234 e. The van der Waals surface area contributed by atoms with Crippen LogP contribution in [0.3, 0.4) is 0 Å². The van der Waals surface area contributed by atoms with Gasteiger partial charge < -0.3 is 5.32 Å². The zero-order chi connectivity index (χ0) is 21.5. The largest absolute Gasteiger partial charge is 0.325 e. The van der Waals surface area contributed by atoms with Crippen molar-refractivity contribution in [2.75, 3.05) is 11.1 Å². The maximum atomic E-state index is 12.5. The number of carbonyl (C=O) groups excluding carboxylic acids is 1. The van der Waals surface area contributed by atoms with E-state index in [1.807, 2.05) is 78.2 Å². The van der Waals surface area contributed by atoms with E-state index >= 15 is 0 Å². The molecular formula is C23H21N5OS2. The van der Waals surface area contributed by atoms with E-state index in [1.54, 1.807) is 24.3 Å². The van der Waals surface area contributed by atoms with Crippen molar-refractivity contribution in [2.45, 2.75) is 22.9 Å². The summed E-state index contributed by atoms with van der Waals surface area (Å²) >= 11 is 3.02. The van der Waals surface area contributed by atoms with Gasteiger partial charge >= 0.3 is 0 Å². The summed E-state index contributed by atoms with van der Waals surface area (Å²) in [5, 5.41) is 12.8. The number of aromatic nitrogens is 4. The Balaban J connectivity index is 1.32. The number of hydrogen-bond acceptors (Lipinski definition) is 6. The van der Waals surface area contributed by atoms with Gasteiger partial charge in [0.1, 0.15) is 6.33 Å². The second-order valence-electron chi connectivity index (χ2n) is 6.81. The lowest BCUT2D eigenvalue weighted by Crippen LogP contribution is -2.14. The van der Waals surface area contributed by atoms with Gasteiger partial charge in [0.25, 0.3) is 0 Å². The second kappa shape index (κ2) is 10.3. The Morgan fingerprint density at radius 2 is 1.90 bits per heavy atom. The smallest absolute Gasteiger partial charge is 0.234 e. The molecule has 31 heavy (non-hydrogen) atoms. The first-order chi connectivity index (χ1) is 15.2. The van der Waals surface area contributed by atoms with Crippen molar-refractivity contribution in [1.82, 2.24) is 19.7 Å². The highest BCUT2D eigenvalue weighted by atomic mass is 32.2. The summed E-state index contributed by atoms with van der Waals surface area (Å²) in [4.78, 5) is 16.8. The van der Waals surface area contributed by atoms with Crippen molar-refractivity contribution in [3.63, 3.8) is 0 Å². The summed E-state index contributed by atoms with van der Waals surface area (Å²) < 4.78 is 1.88. The lowest BCUT2D eigenvalue weighted by Gasteiger charge is -2.08. The van der Waals surface area contributed by atoms with Crippen LogP contribution in [0.2, 0.25) is 0 Å². The Morgan fingerprint density at radius 1 is 1.03 bits per heavy atom. The molecule has 0 aliphatic carbocycles. The Morgan fingerprint density at radius 3 is 2.71 bits per heavy atom. The van der Waals surface area contributed by atoms with Gasteiger partial charge in [-0.2, -0.15) is 0 Å². The van der Waals surface area contributed by atoms with E-state index in [9.17, 15) is 4.79 Å². The van der Waals surface area contributed by atoms with E-state index in [2.05, 4.69) is 20.5 Å². The van der Waals surface area contributed by atoms with Gasteiger partial charge in [0.2, 0.25) is 5.91 Å². The molecule has 4 aromatic rings. The maximum absolute atomic E-state index is 12.5. The van der Waals surface area contributed by atoms with Crippen molar-refractivity contribution in [3.05, 3.63) is 90.4 Å². The molecule has 2 aromatic heterocycles. The number of hydrogen-bond donors (Lipinski definition) is 1. The Hall–Kier alpha value is -3.10.